The van der Waals surface area contributed by atoms with Gasteiger partial charge in [0.25, 0.3) is 0 Å². The Labute approximate surface area is 124 Å². The van der Waals surface area contributed by atoms with Gasteiger partial charge in [-0.3, -0.25) is 9.78 Å². The zero-order valence-corrected chi connectivity index (χ0v) is 12.2. The highest BCUT2D eigenvalue weighted by atomic mass is 35.5. The number of likely N-dealkylation sites (tertiary alicyclic amines) is 1. The molecule has 1 aromatic rings. The van der Waals surface area contributed by atoms with Crippen LogP contribution in [0.1, 0.15) is 25.7 Å². The number of halogens is 1. The third-order valence-corrected chi connectivity index (χ3v) is 3.61. The highest BCUT2D eigenvalue weighted by Gasteiger charge is 2.24. The fourth-order valence-corrected chi connectivity index (χ4v) is 2.45. The quantitative estimate of drug-likeness (QED) is 0.784. The van der Waals surface area contributed by atoms with Gasteiger partial charge in [0.05, 0.1) is 6.54 Å². The Morgan fingerprint density at radius 3 is 3.25 bits per heavy atom. The van der Waals surface area contributed by atoms with Crippen LogP contribution >= 0.6 is 11.6 Å². The van der Waals surface area contributed by atoms with Crippen molar-refractivity contribution in [3.05, 3.63) is 36.1 Å². The number of hydrogen-bond donors (Lipinski definition) is 0. The van der Waals surface area contributed by atoms with Gasteiger partial charge in [0, 0.05) is 31.4 Å². The number of nitrogens with zero attached hydrogens (tertiary/aromatic N) is 2. The van der Waals surface area contributed by atoms with Gasteiger partial charge >= 0.3 is 0 Å². The lowest BCUT2D eigenvalue weighted by molar-refractivity contribution is -0.133. The molecule has 0 aliphatic carbocycles. The van der Waals surface area contributed by atoms with E-state index in [0.29, 0.717) is 23.7 Å². The summed E-state index contributed by atoms with van der Waals surface area (Å²) >= 11 is 6.03. The molecule has 108 valence electrons. The molecule has 1 atom stereocenters. The second kappa shape index (κ2) is 7.29. The van der Waals surface area contributed by atoms with E-state index in [1.807, 2.05) is 4.90 Å². The van der Waals surface area contributed by atoms with Gasteiger partial charge in [-0.2, -0.15) is 0 Å². The molecule has 0 N–H and O–H groups in total. The number of carbonyl (C=O) groups excluding carboxylic acids is 1. The maximum atomic E-state index is 12.0. The molecule has 2 rings (SSSR count). The summed E-state index contributed by atoms with van der Waals surface area (Å²) in [6, 6.07) is 1.75. The van der Waals surface area contributed by atoms with Gasteiger partial charge < -0.3 is 9.64 Å². The minimum atomic E-state index is -0.00340. The van der Waals surface area contributed by atoms with Crippen LogP contribution in [0.5, 0.6) is 5.75 Å². The van der Waals surface area contributed by atoms with E-state index in [4.69, 9.17) is 16.3 Å². The van der Waals surface area contributed by atoms with E-state index in [1.165, 1.54) is 0 Å². The van der Waals surface area contributed by atoms with Crippen molar-refractivity contribution in [2.45, 2.75) is 31.8 Å². The molecular weight excluding hydrogens is 276 g/mol. The van der Waals surface area contributed by atoms with Gasteiger partial charge in [-0.25, -0.2) is 0 Å². The van der Waals surface area contributed by atoms with Gasteiger partial charge in [-0.15, -0.1) is 6.58 Å². The summed E-state index contributed by atoms with van der Waals surface area (Å²) in [6.45, 7) is 5.07. The first kappa shape index (κ1) is 14.9. The molecule has 1 aromatic heterocycles. The van der Waals surface area contributed by atoms with Crippen molar-refractivity contribution >= 4 is 17.5 Å². The van der Waals surface area contributed by atoms with Crippen LogP contribution in [0.4, 0.5) is 0 Å². The predicted octanol–water partition coefficient (Wildman–Crippen LogP) is 3.07. The van der Waals surface area contributed by atoms with Crippen molar-refractivity contribution < 1.29 is 9.53 Å². The number of allylic oxidation sites excluding steroid dienone is 1. The average molecular weight is 295 g/mol. The van der Waals surface area contributed by atoms with Crippen LogP contribution in [0.3, 0.4) is 0 Å². The minimum Gasteiger partial charge on any atom is -0.487 e. The van der Waals surface area contributed by atoms with E-state index >= 15 is 0 Å². The summed E-state index contributed by atoms with van der Waals surface area (Å²) in [5, 5.41) is 0.502. The fraction of sp³-hybridized carbons (Fsp3) is 0.467. The summed E-state index contributed by atoms with van der Waals surface area (Å²) in [4.78, 5) is 17.8. The number of amides is 1. The van der Waals surface area contributed by atoms with E-state index < -0.39 is 0 Å². The average Bonchev–Trinajstić information content (AvgIpc) is 2.47. The van der Waals surface area contributed by atoms with Gasteiger partial charge in [0.2, 0.25) is 5.91 Å². The molecule has 0 saturated carbocycles. The molecule has 20 heavy (non-hydrogen) atoms. The number of carbonyl (C=O) groups is 1. The Morgan fingerprint density at radius 1 is 1.65 bits per heavy atom. The Balaban J connectivity index is 1.92. The van der Waals surface area contributed by atoms with Crippen LogP contribution in [-0.4, -0.2) is 35.0 Å². The number of ether oxygens (including phenoxy) is 1. The molecule has 4 nitrogen and oxygen atoms in total. The Hall–Kier alpha value is -1.55. The second-order valence-corrected chi connectivity index (χ2v) is 5.26. The van der Waals surface area contributed by atoms with Crippen molar-refractivity contribution in [2.24, 2.45) is 0 Å². The minimum absolute atomic E-state index is 0.00340. The van der Waals surface area contributed by atoms with Crippen LogP contribution in [0.25, 0.3) is 0 Å². The molecule has 0 radical (unpaired) electrons. The molecular formula is C15H19ClN2O2. The van der Waals surface area contributed by atoms with Crippen molar-refractivity contribution in [3.8, 4) is 5.75 Å². The van der Waals surface area contributed by atoms with Crippen molar-refractivity contribution in [1.29, 1.82) is 0 Å². The van der Waals surface area contributed by atoms with Crippen LogP contribution in [0, 0.1) is 0 Å². The zero-order chi connectivity index (χ0) is 14.4. The normalized spacial score (nSPS) is 18.6. The lowest BCUT2D eigenvalue weighted by Gasteiger charge is -2.33. The highest BCUT2D eigenvalue weighted by molar-refractivity contribution is 6.31. The van der Waals surface area contributed by atoms with Gasteiger partial charge in [-0.05, 0) is 19.3 Å². The maximum absolute atomic E-state index is 12.0. The summed E-state index contributed by atoms with van der Waals surface area (Å²) in [5.41, 5.74) is 0. The molecule has 0 bridgehead atoms. The Kier molecular flexibility index (Phi) is 5.41. The summed E-state index contributed by atoms with van der Waals surface area (Å²) in [7, 11) is 0. The van der Waals surface area contributed by atoms with Crippen LogP contribution in [0.15, 0.2) is 31.1 Å². The first-order chi connectivity index (χ1) is 9.70. The molecule has 1 saturated heterocycles. The van der Waals surface area contributed by atoms with E-state index in [1.54, 1.807) is 24.5 Å². The van der Waals surface area contributed by atoms with E-state index in [-0.39, 0.29) is 12.0 Å². The van der Waals surface area contributed by atoms with Crippen molar-refractivity contribution in [2.75, 3.05) is 13.1 Å². The van der Waals surface area contributed by atoms with Crippen molar-refractivity contribution in [3.63, 3.8) is 0 Å². The van der Waals surface area contributed by atoms with E-state index in [0.717, 1.165) is 25.8 Å². The molecule has 1 fully saturated rings. The monoisotopic (exact) mass is 294 g/mol. The van der Waals surface area contributed by atoms with Gasteiger partial charge in [-0.1, -0.05) is 17.7 Å². The SMILES string of the molecule is C=CCCC(=O)N1CCC[C@@H](Oc2ccncc2Cl)C1. The molecule has 2 heterocycles. The van der Waals surface area contributed by atoms with Crippen molar-refractivity contribution in [1.82, 2.24) is 9.88 Å². The van der Waals surface area contributed by atoms with Crippen LogP contribution in [-0.2, 0) is 4.79 Å². The molecule has 1 aliphatic rings. The molecule has 0 unspecified atom stereocenters. The van der Waals surface area contributed by atoms with Crippen LogP contribution in [0.2, 0.25) is 5.02 Å². The zero-order valence-electron chi connectivity index (χ0n) is 11.4. The Bertz CT molecular complexity index is 479. The molecule has 5 heteroatoms. The topological polar surface area (TPSA) is 42.4 Å². The fourth-order valence-electron chi connectivity index (χ4n) is 2.28. The maximum Gasteiger partial charge on any atom is 0.223 e. The smallest absolute Gasteiger partial charge is 0.223 e. The lowest BCUT2D eigenvalue weighted by atomic mass is 10.1. The van der Waals surface area contributed by atoms with Gasteiger partial charge in [0.1, 0.15) is 16.9 Å². The largest absolute Gasteiger partial charge is 0.487 e. The predicted molar refractivity (Wildman–Crippen MR) is 78.9 cm³/mol. The molecule has 0 spiro atoms. The number of aromatic nitrogens is 1. The lowest BCUT2D eigenvalue weighted by Crippen LogP contribution is -2.44. The number of pyridine rings is 1. The van der Waals surface area contributed by atoms with Crippen LogP contribution < -0.4 is 4.74 Å². The molecule has 1 aliphatic heterocycles. The first-order valence-corrected chi connectivity index (χ1v) is 7.23. The van der Waals surface area contributed by atoms with Gasteiger partial charge in [0.15, 0.2) is 0 Å². The standard InChI is InChI=1S/C15H19ClN2O2/c1-2-3-6-15(19)18-9-4-5-12(11-18)20-14-7-8-17-10-13(14)16/h2,7-8,10,12H,1,3-6,9,11H2/t12-/m1/s1. The van der Waals surface area contributed by atoms with E-state index in [2.05, 4.69) is 11.6 Å². The Morgan fingerprint density at radius 2 is 2.50 bits per heavy atom. The second-order valence-electron chi connectivity index (χ2n) is 4.86. The molecule has 1 amide bonds. The third kappa shape index (κ3) is 3.97. The molecule has 0 aromatic carbocycles. The third-order valence-electron chi connectivity index (χ3n) is 3.32. The number of piperidine rings is 1. The number of rotatable bonds is 5. The highest BCUT2D eigenvalue weighted by Crippen LogP contribution is 2.25. The summed E-state index contributed by atoms with van der Waals surface area (Å²) < 4.78 is 5.88. The summed E-state index contributed by atoms with van der Waals surface area (Å²) in [5.74, 6) is 0.797. The van der Waals surface area contributed by atoms with E-state index in [9.17, 15) is 4.79 Å². The summed E-state index contributed by atoms with van der Waals surface area (Å²) in [6.07, 6.45) is 8.10. The number of hydrogen-bond acceptors (Lipinski definition) is 3. The first-order valence-electron chi connectivity index (χ1n) is 6.85.